The van der Waals surface area contributed by atoms with Gasteiger partial charge in [0.2, 0.25) is 5.91 Å². The van der Waals surface area contributed by atoms with Gasteiger partial charge in [0.05, 0.1) is 33.8 Å². The van der Waals surface area contributed by atoms with Crippen molar-refractivity contribution in [1.29, 1.82) is 0 Å². The molecule has 1 N–H and O–H groups in total. The van der Waals surface area contributed by atoms with E-state index in [1.54, 1.807) is 0 Å². The van der Waals surface area contributed by atoms with Crippen LogP contribution in [0.2, 0.25) is 0 Å². The second kappa shape index (κ2) is 56.0. The van der Waals surface area contributed by atoms with Gasteiger partial charge in [0.25, 0.3) is 7.82 Å². The summed E-state index contributed by atoms with van der Waals surface area (Å²) in [6, 6.07) is -0.910. The highest BCUT2D eigenvalue weighted by Crippen LogP contribution is 2.38. The molecule has 0 spiro atoms. The first-order valence-electron chi connectivity index (χ1n) is 32.1. The minimum absolute atomic E-state index is 0.0299. The first-order chi connectivity index (χ1) is 36.9. The molecule has 3 atom stereocenters. The molecule has 0 bridgehead atoms. The number of ether oxygens (including phenoxy) is 1. The van der Waals surface area contributed by atoms with Gasteiger partial charge >= 0.3 is 5.97 Å². The molecule has 0 saturated carbocycles. The number of phosphoric acid groups is 1. The van der Waals surface area contributed by atoms with Crippen LogP contribution in [-0.2, 0) is 27.9 Å². The minimum Gasteiger partial charge on any atom is -0.756 e. The Morgan fingerprint density at radius 1 is 0.461 bits per heavy atom. The third-order valence-electron chi connectivity index (χ3n) is 14.2. The lowest BCUT2D eigenvalue weighted by atomic mass is 10.0. The summed E-state index contributed by atoms with van der Waals surface area (Å²) in [6.07, 6.45) is 70.7. The Morgan fingerprint density at radius 2 is 0.816 bits per heavy atom. The van der Waals surface area contributed by atoms with Crippen LogP contribution < -0.4 is 10.2 Å². The number of carbonyl (C=O) groups excluding carboxylic acids is 2. The molecule has 3 unspecified atom stereocenters. The van der Waals surface area contributed by atoms with Gasteiger partial charge in [-0.05, 0) is 83.1 Å². The summed E-state index contributed by atoms with van der Waals surface area (Å²) >= 11 is 0. The van der Waals surface area contributed by atoms with Gasteiger partial charge in [-0.2, -0.15) is 0 Å². The van der Waals surface area contributed by atoms with E-state index in [4.69, 9.17) is 13.8 Å². The van der Waals surface area contributed by atoms with E-state index >= 15 is 0 Å². The molecule has 1 amide bonds. The molecule has 0 saturated heterocycles. The van der Waals surface area contributed by atoms with Gasteiger partial charge in [-0.1, -0.05) is 262 Å². The van der Waals surface area contributed by atoms with E-state index in [0.29, 0.717) is 23.9 Å². The van der Waals surface area contributed by atoms with E-state index in [2.05, 4.69) is 68.6 Å². The molecule has 10 heteroatoms. The molecule has 0 fully saturated rings. The van der Waals surface area contributed by atoms with Gasteiger partial charge in [0.1, 0.15) is 19.3 Å². The van der Waals surface area contributed by atoms with Crippen LogP contribution in [0.1, 0.15) is 297 Å². The highest BCUT2D eigenvalue weighted by atomic mass is 31.2. The van der Waals surface area contributed by atoms with Crippen LogP contribution >= 0.6 is 7.82 Å². The number of amides is 1. The molecule has 0 aliphatic heterocycles. The van der Waals surface area contributed by atoms with Gasteiger partial charge in [0, 0.05) is 12.8 Å². The maximum atomic E-state index is 13.5. The predicted molar refractivity (Wildman–Crippen MR) is 325 cm³/mol. The standard InChI is InChI=1S/C66H123N2O7P/c1-7-10-13-16-19-22-25-28-29-30-31-32-33-34-35-36-37-38-39-41-43-46-49-52-55-58-65(69)67-63(62-74-76(71,72)73-61-60-68(4,5)6)64(57-54-51-48-45-42-27-24-21-18-15-12-9-3)75-66(70)59-56-53-50-47-44-40-26-23-20-17-14-11-8-2/h19,22,28-29,40,44,50,53-54,57,63-64H,7-18,20-21,23-27,30-39,41-43,45-49,51-52,55-56,58-62H2,1-6H3,(H-,67,69,71,72)/b22-19-,29-28-,44-40-,53-50+,57-54-. The molecular weight excluding hydrogens is 964 g/mol. The summed E-state index contributed by atoms with van der Waals surface area (Å²) in [6.45, 7) is 6.79. The van der Waals surface area contributed by atoms with Crippen LogP contribution in [0.4, 0.5) is 0 Å². The summed E-state index contributed by atoms with van der Waals surface area (Å²) in [7, 11) is 1.16. The number of phosphoric ester groups is 1. The van der Waals surface area contributed by atoms with E-state index in [0.717, 1.165) is 57.8 Å². The van der Waals surface area contributed by atoms with Crippen molar-refractivity contribution in [3.8, 4) is 0 Å². The number of unbranched alkanes of at least 4 members (excludes halogenated alkanes) is 34. The fourth-order valence-electron chi connectivity index (χ4n) is 9.19. The first-order valence-corrected chi connectivity index (χ1v) is 33.6. The molecule has 9 nitrogen and oxygen atoms in total. The average Bonchev–Trinajstić information content (AvgIpc) is 3.38. The minimum atomic E-state index is -4.71. The number of likely N-dealkylation sites (N-methyl/N-ethyl adjacent to an activating group) is 1. The topological polar surface area (TPSA) is 114 Å². The van der Waals surface area contributed by atoms with E-state index < -0.39 is 32.5 Å². The van der Waals surface area contributed by atoms with Crippen molar-refractivity contribution in [1.82, 2.24) is 5.32 Å². The number of quaternary nitrogens is 1. The molecule has 0 radical (unpaired) electrons. The van der Waals surface area contributed by atoms with Crippen molar-refractivity contribution < 1.29 is 37.3 Å². The number of carbonyl (C=O) groups is 2. The van der Waals surface area contributed by atoms with Gasteiger partial charge in [-0.15, -0.1) is 0 Å². The molecule has 0 aromatic rings. The van der Waals surface area contributed by atoms with Crippen LogP contribution in [0, 0.1) is 0 Å². The zero-order valence-electron chi connectivity index (χ0n) is 50.7. The van der Waals surface area contributed by atoms with Crippen molar-refractivity contribution in [3.63, 3.8) is 0 Å². The lowest BCUT2D eigenvalue weighted by Gasteiger charge is -2.30. The Labute approximate surface area is 471 Å². The summed E-state index contributed by atoms with van der Waals surface area (Å²) < 4.78 is 30.2. The quantitative estimate of drug-likeness (QED) is 0.0212. The maximum absolute atomic E-state index is 13.5. The van der Waals surface area contributed by atoms with Crippen molar-refractivity contribution in [3.05, 3.63) is 60.8 Å². The van der Waals surface area contributed by atoms with Crippen molar-refractivity contribution in [2.24, 2.45) is 0 Å². The molecule has 76 heavy (non-hydrogen) atoms. The number of nitrogens with zero attached hydrogens (tertiary/aromatic N) is 1. The van der Waals surface area contributed by atoms with Crippen LogP contribution in [0.15, 0.2) is 60.8 Å². The Morgan fingerprint density at radius 3 is 1.24 bits per heavy atom. The molecule has 0 aliphatic carbocycles. The largest absolute Gasteiger partial charge is 0.756 e. The molecule has 0 rings (SSSR count). The maximum Gasteiger partial charge on any atom is 0.306 e. The Balaban J connectivity index is 5.11. The Hall–Kier alpha value is -2.29. The summed E-state index contributed by atoms with van der Waals surface area (Å²) in [5.74, 6) is -0.612. The molecule has 0 aromatic carbocycles. The summed E-state index contributed by atoms with van der Waals surface area (Å²) in [4.78, 5) is 39.9. The first kappa shape index (κ1) is 73.7. The third-order valence-corrected chi connectivity index (χ3v) is 15.1. The number of allylic oxidation sites excluding steroid dienone is 9. The van der Waals surface area contributed by atoms with Crippen molar-refractivity contribution in [2.45, 2.75) is 309 Å². The monoisotopic (exact) mass is 1090 g/mol. The smallest absolute Gasteiger partial charge is 0.306 e. The van der Waals surface area contributed by atoms with E-state index in [-0.39, 0.29) is 18.9 Å². The lowest BCUT2D eigenvalue weighted by Crippen LogP contribution is -2.47. The predicted octanol–water partition coefficient (Wildman–Crippen LogP) is 19.2. The lowest BCUT2D eigenvalue weighted by molar-refractivity contribution is -0.870. The number of hydrogen-bond donors (Lipinski definition) is 1. The zero-order chi connectivity index (χ0) is 55.7. The SMILES string of the molecule is CCCCC/C=C\C/C=C\CCCCCCCCCCCCCCCCCC(=O)NC(COP(=O)([O-])OCC[N+](C)(C)C)C(/C=C\CCCCCCCCCCCC)OC(=O)CC/C=C/C/C=C\CCCCCCCC. The number of rotatable bonds is 58. The molecule has 0 heterocycles. The third kappa shape index (κ3) is 56.4. The molecular formula is C66H123N2O7P. The highest BCUT2D eigenvalue weighted by Gasteiger charge is 2.27. The normalized spacial score (nSPS) is 14.0. The van der Waals surface area contributed by atoms with Gasteiger partial charge in [-0.25, -0.2) is 0 Å². The second-order valence-corrected chi connectivity index (χ2v) is 24.3. The summed E-state index contributed by atoms with van der Waals surface area (Å²) in [5.41, 5.74) is 0. The van der Waals surface area contributed by atoms with Crippen molar-refractivity contribution >= 4 is 19.7 Å². The van der Waals surface area contributed by atoms with Crippen LogP contribution in [0.25, 0.3) is 0 Å². The fourth-order valence-corrected chi connectivity index (χ4v) is 9.92. The van der Waals surface area contributed by atoms with Gasteiger partial charge in [0.15, 0.2) is 0 Å². The average molecular weight is 1090 g/mol. The molecule has 444 valence electrons. The number of esters is 1. The van der Waals surface area contributed by atoms with Crippen LogP contribution in [-0.4, -0.2) is 69.4 Å². The number of hydrogen-bond acceptors (Lipinski definition) is 7. The Bertz CT molecular complexity index is 1490. The van der Waals surface area contributed by atoms with Crippen LogP contribution in [0.3, 0.4) is 0 Å². The second-order valence-electron chi connectivity index (χ2n) is 22.9. The van der Waals surface area contributed by atoms with Gasteiger partial charge < -0.3 is 28.5 Å². The zero-order valence-corrected chi connectivity index (χ0v) is 51.6. The number of nitrogens with one attached hydrogen (secondary N) is 1. The summed E-state index contributed by atoms with van der Waals surface area (Å²) in [5, 5.41) is 3.02. The fraction of sp³-hybridized carbons (Fsp3) is 0.818. The molecule has 0 aromatic heterocycles. The van der Waals surface area contributed by atoms with Crippen LogP contribution in [0.5, 0.6) is 0 Å². The van der Waals surface area contributed by atoms with Crippen molar-refractivity contribution in [2.75, 3.05) is 40.9 Å². The van der Waals surface area contributed by atoms with Gasteiger partial charge in [-0.3, -0.25) is 14.2 Å². The van der Waals surface area contributed by atoms with E-state index in [1.165, 1.54) is 199 Å². The molecule has 0 aliphatic rings. The Kier molecular flexibility index (Phi) is 54.3. The van der Waals surface area contributed by atoms with E-state index in [9.17, 15) is 19.0 Å². The highest BCUT2D eigenvalue weighted by molar-refractivity contribution is 7.45. The van der Waals surface area contributed by atoms with E-state index in [1.807, 2.05) is 39.4 Å².